The highest BCUT2D eigenvalue weighted by atomic mass is 127. The van der Waals surface area contributed by atoms with Crippen molar-refractivity contribution in [2.24, 2.45) is 0 Å². The molecule has 184 valence electrons. The van der Waals surface area contributed by atoms with Gasteiger partial charge in [0.05, 0.1) is 10.2 Å². The standard InChI is InChI=1S/C28H26IN3O4/c1-3-35-25-15-21(13-22(16-30)28(34)31-17-20-7-5-4-6-8-20)14-24(29)27(25)36-18-26(33)32-23-11-9-19(2)10-12-23/h4-15H,3,17-18H2,1-2H3,(H,31,34)(H,32,33)/b22-13+. The van der Waals surface area contributed by atoms with Crippen LogP contribution in [0.5, 0.6) is 11.5 Å². The highest BCUT2D eigenvalue weighted by Gasteiger charge is 2.16. The Morgan fingerprint density at radius 2 is 1.78 bits per heavy atom. The fraction of sp³-hybridized carbons (Fsp3) is 0.179. The molecule has 0 fully saturated rings. The molecule has 3 aromatic rings. The zero-order valence-electron chi connectivity index (χ0n) is 20.0. The number of anilines is 1. The SMILES string of the molecule is CCOc1cc(/C=C(\C#N)C(=O)NCc2ccccc2)cc(I)c1OCC(=O)Nc1ccc(C)cc1. The van der Waals surface area contributed by atoms with Crippen molar-refractivity contribution in [3.05, 3.63) is 92.6 Å². The van der Waals surface area contributed by atoms with Gasteiger partial charge in [0.25, 0.3) is 11.8 Å². The third kappa shape index (κ3) is 7.85. The Bertz CT molecular complexity index is 1280. The van der Waals surface area contributed by atoms with E-state index in [4.69, 9.17) is 9.47 Å². The van der Waals surface area contributed by atoms with E-state index in [1.807, 2.05) is 74.5 Å². The number of carbonyl (C=O) groups excluding carboxylic acids is 2. The molecule has 0 bridgehead atoms. The number of nitrogens with zero attached hydrogens (tertiary/aromatic N) is 1. The topological polar surface area (TPSA) is 100 Å². The number of halogens is 1. The second-order valence-electron chi connectivity index (χ2n) is 7.80. The maximum absolute atomic E-state index is 12.6. The van der Waals surface area contributed by atoms with Crippen LogP contribution in [0.3, 0.4) is 0 Å². The molecular weight excluding hydrogens is 569 g/mol. The van der Waals surface area contributed by atoms with Crippen molar-refractivity contribution in [3.63, 3.8) is 0 Å². The van der Waals surface area contributed by atoms with Gasteiger partial charge in [-0.2, -0.15) is 5.26 Å². The summed E-state index contributed by atoms with van der Waals surface area (Å²) in [7, 11) is 0. The maximum Gasteiger partial charge on any atom is 0.262 e. The first-order valence-corrected chi connectivity index (χ1v) is 12.4. The third-order valence-corrected chi connectivity index (χ3v) is 5.79. The maximum atomic E-state index is 12.6. The normalized spacial score (nSPS) is 10.8. The molecule has 0 spiro atoms. The number of ether oxygens (including phenoxy) is 2. The van der Waals surface area contributed by atoms with E-state index < -0.39 is 5.91 Å². The predicted octanol–water partition coefficient (Wildman–Crippen LogP) is 5.24. The van der Waals surface area contributed by atoms with E-state index in [1.54, 1.807) is 12.1 Å². The quantitative estimate of drug-likeness (QED) is 0.190. The average molecular weight is 595 g/mol. The largest absolute Gasteiger partial charge is 0.490 e. The van der Waals surface area contributed by atoms with Crippen LogP contribution < -0.4 is 20.1 Å². The lowest BCUT2D eigenvalue weighted by Crippen LogP contribution is -2.23. The van der Waals surface area contributed by atoms with Crippen LogP contribution in [-0.2, 0) is 16.1 Å². The summed E-state index contributed by atoms with van der Waals surface area (Å²) in [4.78, 5) is 24.9. The van der Waals surface area contributed by atoms with Crippen molar-refractivity contribution >= 4 is 46.2 Å². The summed E-state index contributed by atoms with van der Waals surface area (Å²) < 4.78 is 12.2. The Balaban J connectivity index is 1.72. The van der Waals surface area contributed by atoms with Crippen LogP contribution >= 0.6 is 22.6 Å². The van der Waals surface area contributed by atoms with Gasteiger partial charge in [-0.3, -0.25) is 9.59 Å². The van der Waals surface area contributed by atoms with E-state index >= 15 is 0 Å². The minimum atomic E-state index is -0.470. The fourth-order valence-corrected chi connectivity index (χ4v) is 4.02. The lowest BCUT2D eigenvalue weighted by molar-refractivity contribution is -0.118. The first kappa shape index (κ1) is 26.8. The van der Waals surface area contributed by atoms with Crippen LogP contribution in [-0.4, -0.2) is 25.0 Å². The van der Waals surface area contributed by atoms with Gasteiger partial charge in [0.1, 0.15) is 11.6 Å². The summed E-state index contributed by atoms with van der Waals surface area (Å²) in [6.45, 7) is 4.29. The van der Waals surface area contributed by atoms with Gasteiger partial charge in [0, 0.05) is 12.2 Å². The van der Waals surface area contributed by atoms with Gasteiger partial charge >= 0.3 is 0 Å². The van der Waals surface area contributed by atoms with Crippen molar-refractivity contribution in [3.8, 4) is 17.6 Å². The van der Waals surface area contributed by atoms with E-state index in [-0.39, 0.29) is 18.1 Å². The zero-order valence-corrected chi connectivity index (χ0v) is 22.2. The van der Waals surface area contributed by atoms with Crippen LogP contribution in [0.1, 0.15) is 23.6 Å². The number of rotatable bonds is 10. The van der Waals surface area contributed by atoms with E-state index in [2.05, 4.69) is 33.2 Å². The molecule has 0 aliphatic heterocycles. The molecule has 2 amide bonds. The van der Waals surface area contributed by atoms with Gasteiger partial charge < -0.3 is 20.1 Å². The molecular formula is C28H26IN3O4. The summed E-state index contributed by atoms with van der Waals surface area (Å²) in [5.74, 6) is 0.0619. The summed E-state index contributed by atoms with van der Waals surface area (Å²) >= 11 is 2.08. The second-order valence-corrected chi connectivity index (χ2v) is 8.97. The van der Waals surface area contributed by atoms with Gasteiger partial charge in [-0.25, -0.2) is 0 Å². The molecule has 0 heterocycles. The molecule has 3 rings (SSSR count). The van der Waals surface area contributed by atoms with Crippen LogP contribution in [0.4, 0.5) is 5.69 Å². The monoisotopic (exact) mass is 595 g/mol. The van der Waals surface area contributed by atoms with Gasteiger partial charge in [-0.1, -0.05) is 48.0 Å². The summed E-state index contributed by atoms with van der Waals surface area (Å²) in [6, 6.07) is 22.3. The highest BCUT2D eigenvalue weighted by Crippen LogP contribution is 2.35. The molecule has 8 heteroatoms. The van der Waals surface area contributed by atoms with Crippen molar-refractivity contribution in [1.29, 1.82) is 5.26 Å². The summed E-state index contributed by atoms with van der Waals surface area (Å²) in [6.07, 6.45) is 1.50. The van der Waals surface area contributed by atoms with E-state index in [0.29, 0.717) is 39.5 Å². The first-order valence-electron chi connectivity index (χ1n) is 11.3. The minimum absolute atomic E-state index is 0.0321. The number of hydrogen-bond acceptors (Lipinski definition) is 5. The van der Waals surface area contributed by atoms with Gasteiger partial charge in [0.15, 0.2) is 18.1 Å². The summed E-state index contributed by atoms with van der Waals surface area (Å²) in [5, 5.41) is 15.1. The van der Waals surface area contributed by atoms with E-state index in [1.165, 1.54) is 6.08 Å². The highest BCUT2D eigenvalue weighted by molar-refractivity contribution is 14.1. The Morgan fingerprint density at radius 1 is 1.06 bits per heavy atom. The molecule has 7 nitrogen and oxygen atoms in total. The number of nitriles is 1. The summed E-state index contributed by atoms with van der Waals surface area (Å²) in [5.41, 5.74) is 3.29. The Kier molecular flexibility index (Phi) is 9.89. The van der Waals surface area contributed by atoms with Gasteiger partial charge in [-0.15, -0.1) is 0 Å². The lowest BCUT2D eigenvalue weighted by atomic mass is 10.1. The first-order chi connectivity index (χ1) is 17.4. The van der Waals surface area contributed by atoms with Crippen LogP contribution in [0.2, 0.25) is 0 Å². The van der Waals surface area contributed by atoms with Crippen LogP contribution in [0.25, 0.3) is 6.08 Å². The fourth-order valence-electron chi connectivity index (χ4n) is 3.23. The molecule has 0 aliphatic rings. The molecule has 0 aliphatic carbocycles. The molecule has 0 unspecified atom stereocenters. The van der Waals surface area contributed by atoms with Gasteiger partial charge in [0.2, 0.25) is 0 Å². The average Bonchev–Trinajstić information content (AvgIpc) is 2.87. The number of carbonyl (C=O) groups is 2. The van der Waals surface area contributed by atoms with Gasteiger partial charge in [-0.05, 0) is 77.9 Å². The number of aryl methyl sites for hydroxylation is 1. The van der Waals surface area contributed by atoms with Crippen molar-refractivity contribution < 1.29 is 19.1 Å². The molecule has 0 saturated carbocycles. The van der Waals surface area contributed by atoms with Crippen molar-refractivity contribution in [2.75, 3.05) is 18.5 Å². The van der Waals surface area contributed by atoms with Crippen LogP contribution in [0.15, 0.2) is 72.3 Å². The Morgan fingerprint density at radius 3 is 2.44 bits per heavy atom. The van der Waals surface area contributed by atoms with E-state index in [0.717, 1.165) is 11.1 Å². The number of nitrogens with one attached hydrogen (secondary N) is 2. The van der Waals surface area contributed by atoms with E-state index in [9.17, 15) is 14.9 Å². The van der Waals surface area contributed by atoms with Crippen molar-refractivity contribution in [1.82, 2.24) is 5.32 Å². The molecule has 2 N–H and O–H groups in total. The lowest BCUT2D eigenvalue weighted by Gasteiger charge is -2.15. The minimum Gasteiger partial charge on any atom is -0.490 e. The second kappa shape index (κ2) is 13.3. The van der Waals surface area contributed by atoms with Crippen LogP contribution in [0, 0.1) is 21.8 Å². The molecule has 3 aromatic carbocycles. The number of amides is 2. The Hall–Kier alpha value is -3.84. The van der Waals surface area contributed by atoms with Crippen molar-refractivity contribution in [2.45, 2.75) is 20.4 Å². The third-order valence-electron chi connectivity index (χ3n) is 4.99. The Labute approximate surface area is 224 Å². The molecule has 36 heavy (non-hydrogen) atoms. The molecule has 0 atom stereocenters. The smallest absolute Gasteiger partial charge is 0.262 e. The number of hydrogen-bond donors (Lipinski definition) is 2. The zero-order chi connectivity index (χ0) is 25.9. The predicted molar refractivity (Wildman–Crippen MR) is 148 cm³/mol. The number of benzene rings is 3. The molecule has 0 aromatic heterocycles. The molecule has 0 radical (unpaired) electrons. The molecule has 0 saturated heterocycles.